The molecule has 0 fully saturated rings. The third kappa shape index (κ3) is 0.811. The number of para-hydroxylation sites is 1. The molecule has 1 aromatic rings. The lowest BCUT2D eigenvalue weighted by molar-refractivity contribution is -0.395. The molecular weight excluding hydrogens is 134 g/mol. The van der Waals surface area contributed by atoms with E-state index in [9.17, 15) is 0 Å². The molecule has 0 aliphatic carbocycles. The number of benzene rings is 1. The summed E-state index contributed by atoms with van der Waals surface area (Å²) in [6.45, 7) is 3.95. The van der Waals surface area contributed by atoms with Crippen molar-refractivity contribution in [3.8, 4) is 0 Å². The second-order valence-electron chi connectivity index (χ2n) is 2.78. The molecule has 0 N–H and O–H groups in total. The molecule has 0 spiro atoms. The molecule has 0 unspecified atom stereocenters. The fourth-order valence-corrected chi connectivity index (χ4v) is 1.43. The van der Waals surface area contributed by atoms with Crippen LogP contribution in [-0.4, -0.2) is 17.8 Å². The van der Waals surface area contributed by atoms with Crippen molar-refractivity contribution in [1.82, 2.24) is 0 Å². The van der Waals surface area contributed by atoms with E-state index in [4.69, 9.17) is 0 Å². The van der Waals surface area contributed by atoms with E-state index in [2.05, 4.69) is 23.3 Å². The lowest BCUT2D eigenvalue weighted by Crippen LogP contribution is -1.91. The molecule has 1 aliphatic heterocycles. The zero-order valence-corrected chi connectivity index (χ0v) is 6.54. The van der Waals surface area contributed by atoms with Crippen molar-refractivity contribution in [2.45, 2.75) is 0 Å². The summed E-state index contributed by atoms with van der Waals surface area (Å²) in [6.07, 6.45) is 2.05. The van der Waals surface area contributed by atoms with E-state index in [0.29, 0.717) is 0 Å². The van der Waals surface area contributed by atoms with Crippen LogP contribution in [0.3, 0.4) is 0 Å². The van der Waals surface area contributed by atoms with E-state index in [1.807, 2.05) is 25.4 Å². The van der Waals surface area contributed by atoms with Gasteiger partial charge in [0.1, 0.15) is 7.05 Å². The molecule has 0 atom stereocenters. The highest BCUT2D eigenvalue weighted by Crippen LogP contribution is 2.27. The predicted octanol–water partition coefficient (Wildman–Crippen LogP) is 2.06. The first-order chi connectivity index (χ1) is 5.29. The fraction of sp³-hybridized carbons (Fsp3) is 0.100. The van der Waals surface area contributed by atoms with Crippen molar-refractivity contribution in [2.24, 2.45) is 0 Å². The first-order valence-corrected chi connectivity index (χ1v) is 3.65. The molecule has 54 valence electrons. The topological polar surface area (TPSA) is 3.01 Å². The van der Waals surface area contributed by atoms with Crippen LogP contribution in [0.1, 0.15) is 5.56 Å². The van der Waals surface area contributed by atoms with Gasteiger partial charge in [0.2, 0.25) is 5.69 Å². The normalized spacial score (nSPS) is 14.6. The zero-order valence-electron chi connectivity index (χ0n) is 6.54. The van der Waals surface area contributed by atoms with Gasteiger partial charge in [-0.05, 0) is 6.07 Å². The standard InChI is InChI=1S/C10H10N/c1-8-7-11(2)10-6-4-3-5-9(8)10/h3-7H,1H2,2H3/q+1. The molecular formula is C10H10N+. The minimum atomic E-state index is 1.10. The van der Waals surface area contributed by atoms with E-state index >= 15 is 0 Å². The molecule has 2 rings (SSSR count). The zero-order chi connectivity index (χ0) is 7.84. The van der Waals surface area contributed by atoms with Crippen LogP contribution in [0.25, 0.3) is 5.57 Å². The van der Waals surface area contributed by atoms with Gasteiger partial charge < -0.3 is 0 Å². The van der Waals surface area contributed by atoms with E-state index in [0.717, 1.165) is 5.57 Å². The molecule has 0 saturated heterocycles. The lowest BCUT2D eigenvalue weighted by Gasteiger charge is -1.91. The van der Waals surface area contributed by atoms with Crippen molar-refractivity contribution in [3.05, 3.63) is 36.4 Å². The smallest absolute Gasteiger partial charge is 0.200 e. The quantitative estimate of drug-likeness (QED) is 0.490. The number of fused-ring (bicyclic) bond motifs is 1. The van der Waals surface area contributed by atoms with Gasteiger partial charge in [-0.3, -0.25) is 0 Å². The van der Waals surface area contributed by atoms with Crippen molar-refractivity contribution < 1.29 is 4.58 Å². The Morgan fingerprint density at radius 3 is 2.73 bits per heavy atom. The summed E-state index contributed by atoms with van der Waals surface area (Å²) in [4.78, 5) is 0. The number of rotatable bonds is 0. The number of hydrogen-bond donors (Lipinski definition) is 0. The Bertz CT molecular complexity index is 348. The van der Waals surface area contributed by atoms with E-state index in [-0.39, 0.29) is 0 Å². The van der Waals surface area contributed by atoms with Crippen molar-refractivity contribution >= 4 is 17.5 Å². The van der Waals surface area contributed by atoms with Gasteiger partial charge in [-0.15, -0.1) is 0 Å². The average molecular weight is 144 g/mol. The molecule has 1 aromatic carbocycles. The van der Waals surface area contributed by atoms with Gasteiger partial charge in [0, 0.05) is 11.6 Å². The Hall–Kier alpha value is -1.37. The summed E-state index contributed by atoms with van der Waals surface area (Å²) in [7, 11) is 2.04. The monoisotopic (exact) mass is 144 g/mol. The highest BCUT2D eigenvalue weighted by Gasteiger charge is 2.19. The minimum absolute atomic E-state index is 1.10. The number of nitrogens with zero attached hydrogens (tertiary/aromatic N) is 1. The van der Waals surface area contributed by atoms with Crippen LogP contribution in [0.4, 0.5) is 5.69 Å². The molecule has 1 nitrogen and oxygen atoms in total. The highest BCUT2D eigenvalue weighted by molar-refractivity contribution is 6.11. The molecule has 1 heteroatoms. The summed E-state index contributed by atoms with van der Waals surface area (Å²) in [5.41, 5.74) is 3.59. The van der Waals surface area contributed by atoms with Crippen LogP contribution in [0, 0.1) is 0 Å². The molecule has 0 bridgehead atoms. The Balaban J connectivity index is 2.71. The summed E-state index contributed by atoms with van der Waals surface area (Å²) in [5, 5.41) is 0. The first-order valence-electron chi connectivity index (χ1n) is 3.65. The van der Waals surface area contributed by atoms with Gasteiger partial charge in [-0.2, -0.15) is 0 Å². The largest absolute Gasteiger partial charge is 0.213 e. The van der Waals surface area contributed by atoms with Crippen LogP contribution in [0.15, 0.2) is 30.8 Å². The Labute approximate surface area is 66.3 Å². The second kappa shape index (κ2) is 2.06. The highest BCUT2D eigenvalue weighted by atomic mass is 15.0. The van der Waals surface area contributed by atoms with E-state index in [1.165, 1.54) is 11.3 Å². The average Bonchev–Trinajstić information content (AvgIpc) is 2.30. The Morgan fingerprint density at radius 1 is 1.27 bits per heavy atom. The van der Waals surface area contributed by atoms with Gasteiger partial charge in [-0.25, -0.2) is 4.58 Å². The van der Waals surface area contributed by atoms with Crippen LogP contribution in [0.2, 0.25) is 0 Å². The van der Waals surface area contributed by atoms with E-state index < -0.39 is 0 Å². The number of allylic oxidation sites excluding steroid dienone is 1. The molecule has 1 aliphatic rings. The summed E-state index contributed by atoms with van der Waals surface area (Å²) >= 11 is 0. The summed E-state index contributed by atoms with van der Waals surface area (Å²) < 4.78 is 2.09. The van der Waals surface area contributed by atoms with Gasteiger partial charge in [0.15, 0.2) is 6.21 Å². The number of hydrogen-bond acceptors (Lipinski definition) is 0. The third-order valence-corrected chi connectivity index (χ3v) is 1.98. The minimum Gasteiger partial charge on any atom is -0.200 e. The van der Waals surface area contributed by atoms with Crippen molar-refractivity contribution in [1.29, 1.82) is 0 Å². The van der Waals surface area contributed by atoms with Crippen LogP contribution in [0.5, 0.6) is 0 Å². The van der Waals surface area contributed by atoms with Crippen molar-refractivity contribution in [3.63, 3.8) is 0 Å². The summed E-state index contributed by atoms with van der Waals surface area (Å²) in [6, 6.07) is 8.28. The SMILES string of the molecule is C=C1C=[N+](C)c2ccccc21. The van der Waals surface area contributed by atoms with Gasteiger partial charge >= 0.3 is 0 Å². The van der Waals surface area contributed by atoms with Gasteiger partial charge in [0.05, 0.1) is 5.56 Å². The Morgan fingerprint density at radius 2 is 2.00 bits per heavy atom. The van der Waals surface area contributed by atoms with Crippen LogP contribution in [-0.2, 0) is 0 Å². The first kappa shape index (κ1) is 6.35. The lowest BCUT2D eigenvalue weighted by atomic mass is 10.1. The van der Waals surface area contributed by atoms with E-state index in [1.54, 1.807) is 0 Å². The molecule has 0 radical (unpaired) electrons. The Kier molecular flexibility index (Phi) is 1.19. The molecule has 0 amide bonds. The van der Waals surface area contributed by atoms with Crippen molar-refractivity contribution in [2.75, 3.05) is 7.05 Å². The summed E-state index contributed by atoms with van der Waals surface area (Å²) in [5.74, 6) is 0. The fourth-order valence-electron chi connectivity index (χ4n) is 1.43. The third-order valence-electron chi connectivity index (χ3n) is 1.98. The molecule has 11 heavy (non-hydrogen) atoms. The second-order valence-corrected chi connectivity index (χ2v) is 2.78. The molecule has 1 heterocycles. The maximum Gasteiger partial charge on any atom is 0.213 e. The van der Waals surface area contributed by atoms with Crippen LogP contribution >= 0.6 is 0 Å². The maximum atomic E-state index is 3.95. The van der Waals surface area contributed by atoms with Gasteiger partial charge in [0.25, 0.3) is 0 Å². The maximum absolute atomic E-state index is 3.95. The molecule has 0 aromatic heterocycles. The molecule has 0 saturated carbocycles. The van der Waals surface area contributed by atoms with Gasteiger partial charge in [-0.1, -0.05) is 18.7 Å². The van der Waals surface area contributed by atoms with Crippen LogP contribution < -0.4 is 0 Å². The predicted molar refractivity (Wildman–Crippen MR) is 47.4 cm³/mol.